The molecular weight excluding hydrogens is 190 g/mol. The average molecular weight is 203 g/mol. The van der Waals surface area contributed by atoms with Gasteiger partial charge in [-0.25, -0.2) is 4.68 Å². The lowest BCUT2D eigenvalue weighted by molar-refractivity contribution is 0.273. The first-order chi connectivity index (χ1) is 7.35. The van der Waals surface area contributed by atoms with Crippen molar-refractivity contribution in [3.63, 3.8) is 0 Å². The standard InChI is InChI=1S/C11H13N3O/c1-2-9-3-5-10(6-4-9)14-11(8-15)7-12-13-14/h3-7,15H,2,8H2,1H3. The molecule has 15 heavy (non-hydrogen) atoms. The zero-order valence-corrected chi connectivity index (χ0v) is 8.59. The smallest absolute Gasteiger partial charge is 0.0900 e. The second-order valence-corrected chi connectivity index (χ2v) is 3.32. The van der Waals surface area contributed by atoms with Crippen molar-refractivity contribution >= 4 is 0 Å². The van der Waals surface area contributed by atoms with E-state index < -0.39 is 0 Å². The Morgan fingerprint density at radius 3 is 2.60 bits per heavy atom. The van der Waals surface area contributed by atoms with Crippen molar-refractivity contribution < 1.29 is 5.11 Å². The second kappa shape index (κ2) is 4.23. The van der Waals surface area contributed by atoms with Crippen LogP contribution in [0.3, 0.4) is 0 Å². The van der Waals surface area contributed by atoms with Gasteiger partial charge in [-0.3, -0.25) is 0 Å². The van der Waals surface area contributed by atoms with E-state index in [-0.39, 0.29) is 6.61 Å². The third-order valence-corrected chi connectivity index (χ3v) is 2.37. The third-order valence-electron chi connectivity index (χ3n) is 2.37. The molecule has 2 aromatic rings. The molecule has 78 valence electrons. The van der Waals surface area contributed by atoms with E-state index >= 15 is 0 Å². The van der Waals surface area contributed by atoms with E-state index in [4.69, 9.17) is 5.11 Å². The number of hydrogen-bond acceptors (Lipinski definition) is 3. The highest BCUT2D eigenvalue weighted by Gasteiger charge is 2.04. The monoisotopic (exact) mass is 203 g/mol. The number of aromatic nitrogens is 3. The van der Waals surface area contributed by atoms with Gasteiger partial charge >= 0.3 is 0 Å². The minimum absolute atomic E-state index is 0.0530. The van der Waals surface area contributed by atoms with Crippen LogP contribution in [-0.2, 0) is 13.0 Å². The van der Waals surface area contributed by atoms with Crippen LogP contribution >= 0.6 is 0 Å². The first-order valence-electron chi connectivity index (χ1n) is 4.95. The molecule has 2 rings (SSSR count). The predicted octanol–water partition coefficient (Wildman–Crippen LogP) is 1.32. The van der Waals surface area contributed by atoms with E-state index in [1.54, 1.807) is 10.9 Å². The van der Waals surface area contributed by atoms with Crippen molar-refractivity contribution in [3.8, 4) is 5.69 Å². The minimum atomic E-state index is -0.0530. The SMILES string of the molecule is CCc1ccc(-n2nncc2CO)cc1. The van der Waals surface area contributed by atoms with E-state index in [1.807, 2.05) is 12.1 Å². The fraction of sp³-hybridized carbons (Fsp3) is 0.273. The normalized spacial score (nSPS) is 10.5. The summed E-state index contributed by atoms with van der Waals surface area (Å²) in [7, 11) is 0. The van der Waals surface area contributed by atoms with Gasteiger partial charge in [-0.2, -0.15) is 0 Å². The molecule has 0 amide bonds. The molecule has 1 aromatic heterocycles. The molecule has 0 unspecified atom stereocenters. The van der Waals surface area contributed by atoms with E-state index in [0.717, 1.165) is 12.1 Å². The Kier molecular flexibility index (Phi) is 2.78. The first-order valence-corrected chi connectivity index (χ1v) is 4.95. The van der Waals surface area contributed by atoms with Gasteiger partial charge in [0.2, 0.25) is 0 Å². The molecule has 0 radical (unpaired) electrons. The van der Waals surface area contributed by atoms with Crippen LogP contribution in [0.25, 0.3) is 5.69 Å². The number of aliphatic hydroxyl groups excluding tert-OH is 1. The molecule has 1 aromatic carbocycles. The highest BCUT2D eigenvalue weighted by molar-refractivity contribution is 5.34. The summed E-state index contributed by atoms with van der Waals surface area (Å²) in [6.45, 7) is 2.06. The van der Waals surface area contributed by atoms with Gasteiger partial charge in [0, 0.05) is 0 Å². The number of hydrogen-bond donors (Lipinski definition) is 1. The van der Waals surface area contributed by atoms with Crippen LogP contribution < -0.4 is 0 Å². The molecule has 0 atom stereocenters. The maximum absolute atomic E-state index is 9.07. The highest BCUT2D eigenvalue weighted by Crippen LogP contribution is 2.11. The van der Waals surface area contributed by atoms with Crippen molar-refractivity contribution in [2.75, 3.05) is 0 Å². The molecule has 4 nitrogen and oxygen atoms in total. The van der Waals surface area contributed by atoms with Crippen LogP contribution in [0.15, 0.2) is 30.5 Å². The van der Waals surface area contributed by atoms with Gasteiger partial charge in [0.05, 0.1) is 24.2 Å². The number of benzene rings is 1. The van der Waals surface area contributed by atoms with Crippen LogP contribution in [-0.4, -0.2) is 20.1 Å². The molecule has 0 saturated heterocycles. The molecule has 0 spiro atoms. The largest absolute Gasteiger partial charge is 0.390 e. The lowest BCUT2D eigenvalue weighted by Gasteiger charge is -2.04. The Bertz CT molecular complexity index is 433. The van der Waals surface area contributed by atoms with E-state index in [0.29, 0.717) is 5.69 Å². The van der Waals surface area contributed by atoms with Crippen molar-refractivity contribution in [3.05, 3.63) is 41.7 Å². The van der Waals surface area contributed by atoms with Gasteiger partial charge in [-0.05, 0) is 24.1 Å². The number of aliphatic hydroxyl groups is 1. The van der Waals surface area contributed by atoms with Crippen LogP contribution in [0, 0.1) is 0 Å². The van der Waals surface area contributed by atoms with Crippen LogP contribution in [0.1, 0.15) is 18.2 Å². The Balaban J connectivity index is 2.37. The molecule has 0 aliphatic rings. The summed E-state index contributed by atoms with van der Waals surface area (Å²) in [6, 6.07) is 8.07. The topological polar surface area (TPSA) is 50.9 Å². The molecule has 1 N–H and O–H groups in total. The molecular formula is C11H13N3O. The maximum Gasteiger partial charge on any atom is 0.0900 e. The molecule has 4 heteroatoms. The summed E-state index contributed by atoms with van der Waals surface area (Å²) < 4.78 is 1.64. The van der Waals surface area contributed by atoms with Gasteiger partial charge in [0.1, 0.15) is 0 Å². The van der Waals surface area contributed by atoms with Crippen LogP contribution in [0.4, 0.5) is 0 Å². The van der Waals surface area contributed by atoms with Gasteiger partial charge < -0.3 is 5.11 Å². The van der Waals surface area contributed by atoms with Gasteiger partial charge in [-0.15, -0.1) is 5.10 Å². The van der Waals surface area contributed by atoms with Gasteiger partial charge in [-0.1, -0.05) is 24.3 Å². The summed E-state index contributed by atoms with van der Waals surface area (Å²) in [6.07, 6.45) is 2.58. The lowest BCUT2D eigenvalue weighted by atomic mass is 10.1. The van der Waals surface area contributed by atoms with Crippen molar-refractivity contribution in [2.45, 2.75) is 20.0 Å². The fourth-order valence-electron chi connectivity index (χ4n) is 1.45. The maximum atomic E-state index is 9.07. The quantitative estimate of drug-likeness (QED) is 0.818. The Hall–Kier alpha value is -1.68. The summed E-state index contributed by atoms with van der Waals surface area (Å²) in [5.74, 6) is 0. The lowest BCUT2D eigenvalue weighted by Crippen LogP contribution is -2.02. The Morgan fingerprint density at radius 2 is 2.00 bits per heavy atom. The van der Waals surface area contributed by atoms with Crippen LogP contribution in [0.2, 0.25) is 0 Å². The molecule has 0 aliphatic heterocycles. The molecule has 0 bridgehead atoms. The molecule has 0 aliphatic carbocycles. The van der Waals surface area contributed by atoms with Crippen molar-refractivity contribution in [1.29, 1.82) is 0 Å². The average Bonchev–Trinajstić information content (AvgIpc) is 2.77. The van der Waals surface area contributed by atoms with E-state index in [1.165, 1.54) is 5.56 Å². The summed E-state index contributed by atoms with van der Waals surface area (Å²) >= 11 is 0. The van der Waals surface area contributed by atoms with E-state index in [2.05, 4.69) is 29.4 Å². The van der Waals surface area contributed by atoms with Crippen LogP contribution in [0.5, 0.6) is 0 Å². The number of rotatable bonds is 3. The van der Waals surface area contributed by atoms with Crippen molar-refractivity contribution in [1.82, 2.24) is 15.0 Å². The minimum Gasteiger partial charge on any atom is -0.390 e. The molecule has 1 heterocycles. The molecule has 0 saturated carbocycles. The zero-order valence-electron chi connectivity index (χ0n) is 8.59. The van der Waals surface area contributed by atoms with Gasteiger partial charge in [0.15, 0.2) is 0 Å². The first kappa shape index (κ1) is 9.86. The van der Waals surface area contributed by atoms with Gasteiger partial charge in [0.25, 0.3) is 0 Å². The highest BCUT2D eigenvalue weighted by atomic mass is 16.3. The van der Waals surface area contributed by atoms with E-state index in [9.17, 15) is 0 Å². The summed E-state index contributed by atoms with van der Waals surface area (Å²) in [5.41, 5.74) is 2.90. The molecule has 0 fully saturated rings. The zero-order chi connectivity index (χ0) is 10.7. The summed E-state index contributed by atoms with van der Waals surface area (Å²) in [4.78, 5) is 0. The summed E-state index contributed by atoms with van der Waals surface area (Å²) in [5, 5.41) is 16.8. The van der Waals surface area contributed by atoms with Crippen molar-refractivity contribution in [2.24, 2.45) is 0 Å². The number of aryl methyl sites for hydroxylation is 1. The Morgan fingerprint density at radius 1 is 1.27 bits per heavy atom. The second-order valence-electron chi connectivity index (χ2n) is 3.32. The Labute approximate surface area is 88.2 Å². The fourth-order valence-corrected chi connectivity index (χ4v) is 1.45. The predicted molar refractivity (Wildman–Crippen MR) is 56.7 cm³/mol. The number of nitrogens with zero attached hydrogens (tertiary/aromatic N) is 3. The third kappa shape index (κ3) is 1.89.